The van der Waals surface area contributed by atoms with Gasteiger partial charge in [-0.3, -0.25) is 9.59 Å². The number of Topliss-reactive ketones (excluding diaryl/α,β-unsaturated/α-hetero) is 1. The topological polar surface area (TPSA) is 72.9 Å². The van der Waals surface area contributed by atoms with Crippen LogP contribution in [0.4, 0.5) is 31.1 Å². The highest BCUT2D eigenvalue weighted by atomic mass is 32.1. The highest BCUT2D eigenvalue weighted by Gasteiger charge is 2.56. The van der Waals surface area contributed by atoms with Crippen molar-refractivity contribution in [2.24, 2.45) is 0 Å². The van der Waals surface area contributed by atoms with Crippen molar-refractivity contribution >= 4 is 31.3 Å². The molecule has 0 unspecified atom stereocenters. The predicted octanol–water partition coefficient (Wildman–Crippen LogP) is 6.79. The van der Waals surface area contributed by atoms with Gasteiger partial charge in [-0.2, -0.15) is 39.8 Å². The van der Waals surface area contributed by atoms with Gasteiger partial charge >= 0.3 is 18.4 Å². The number of benzene rings is 2. The predicted molar refractivity (Wildman–Crippen MR) is 134 cm³/mol. The number of ketones is 1. The summed E-state index contributed by atoms with van der Waals surface area (Å²) >= 11 is 0. The zero-order valence-corrected chi connectivity index (χ0v) is 22.4. The first-order valence-corrected chi connectivity index (χ1v) is 11.4. The molecule has 2 aromatic rings. The Hall–Kier alpha value is -3.06. The summed E-state index contributed by atoms with van der Waals surface area (Å²) in [4.78, 5) is 39.0. The van der Waals surface area contributed by atoms with Gasteiger partial charge < -0.3 is 9.47 Å². The highest BCUT2D eigenvalue weighted by Crippen LogP contribution is 2.42. The van der Waals surface area contributed by atoms with Crippen molar-refractivity contribution in [1.82, 2.24) is 4.90 Å². The lowest BCUT2D eigenvalue weighted by atomic mass is 9.87. The molecule has 2 amide bonds. The van der Waals surface area contributed by atoms with Crippen molar-refractivity contribution < 1.29 is 51.6 Å². The normalized spacial score (nSPS) is 19.1. The van der Waals surface area contributed by atoms with Crippen LogP contribution in [0.5, 0.6) is 0 Å². The monoisotopic (exact) mass is 583 g/mol. The standard InChI is InChI=1S/C26H25F6NO5.H2S.H2/c1-15(16-10-18(25(27,28)29)12-19(11-16)26(30,31)32)37-14-24(17-8-6-5-7-9-17)13-20(34)21(35)33(24)22(36)38-23(2,3)4;;/h5-12,15H,13-14H2,1-4H3;1H2;1H/t15-,24-;;/m1../s1/i;;1+2. The molecule has 1 saturated heterocycles. The molecule has 0 N–H and O–H groups in total. The molecular weight excluding hydrogens is 552 g/mol. The Bertz CT molecular complexity index is 1200. The van der Waals surface area contributed by atoms with Gasteiger partial charge in [-0.05, 0) is 57.0 Å². The van der Waals surface area contributed by atoms with Crippen LogP contribution in [0.25, 0.3) is 0 Å². The maximum atomic E-state index is 13.3. The minimum Gasteiger partial charge on any atom is -0.443 e. The van der Waals surface area contributed by atoms with Crippen LogP contribution < -0.4 is 0 Å². The minimum absolute atomic E-state index is 0. The number of nitrogens with zero attached hydrogens (tertiary/aromatic N) is 1. The van der Waals surface area contributed by atoms with E-state index in [-0.39, 0.29) is 26.6 Å². The summed E-state index contributed by atoms with van der Waals surface area (Å²) in [7, 11) is 0. The van der Waals surface area contributed by atoms with Crippen LogP contribution in [-0.4, -0.2) is 34.9 Å². The highest BCUT2D eigenvalue weighted by molar-refractivity contribution is 7.59. The number of hydrogen-bond acceptors (Lipinski definition) is 5. The molecule has 6 nitrogen and oxygen atoms in total. The van der Waals surface area contributed by atoms with Crippen LogP contribution in [0.3, 0.4) is 0 Å². The SMILES string of the molecule is C[C@@H](OC[C@@]1(c2ccccc2)CC(=O)C(=O)N1C(=O)OC(C)(C)C)c1cc(C(F)(F)F)cc(C(F)(F)F)c1.S.[3HH]. The van der Waals surface area contributed by atoms with Gasteiger partial charge in [-0.25, -0.2) is 9.69 Å². The molecule has 0 saturated carbocycles. The van der Waals surface area contributed by atoms with Gasteiger partial charge in [0.1, 0.15) is 11.1 Å². The average Bonchev–Trinajstić information content (AvgIpc) is 3.06. The molecule has 2 atom stereocenters. The van der Waals surface area contributed by atoms with Crippen LogP contribution in [0.2, 0.25) is 0 Å². The van der Waals surface area contributed by atoms with Crippen molar-refractivity contribution in [1.29, 1.82) is 0 Å². The number of likely N-dealkylation sites (tertiary alicyclic amines) is 1. The van der Waals surface area contributed by atoms with Gasteiger partial charge in [0, 0.05) is 7.85 Å². The molecule has 0 bridgehead atoms. The molecule has 0 aromatic heterocycles. The first kappa shape index (κ1) is 32.2. The van der Waals surface area contributed by atoms with E-state index in [1.54, 1.807) is 39.0 Å². The number of alkyl halides is 6. The fraction of sp³-hybridized carbons (Fsp3) is 0.423. The number of ether oxygens (including phenoxy) is 2. The molecule has 1 aliphatic rings. The molecular formula is C26H29F6NO5S. The van der Waals surface area contributed by atoms with E-state index in [1.807, 2.05) is 0 Å². The van der Waals surface area contributed by atoms with Crippen LogP contribution >= 0.6 is 13.5 Å². The van der Waals surface area contributed by atoms with Crippen LogP contribution in [-0.2, 0) is 37.0 Å². The molecule has 2 aromatic carbocycles. The second-order valence-corrected chi connectivity index (χ2v) is 9.91. The number of amides is 2. The van der Waals surface area contributed by atoms with E-state index < -0.39 is 77.1 Å². The number of carbonyl (C=O) groups is 3. The molecule has 3 rings (SSSR count). The first-order chi connectivity index (χ1) is 17.3. The third kappa shape index (κ3) is 7.13. The van der Waals surface area contributed by atoms with Gasteiger partial charge in [-0.1, -0.05) is 30.3 Å². The second-order valence-electron chi connectivity index (χ2n) is 9.91. The van der Waals surface area contributed by atoms with Gasteiger partial charge in [0.05, 0.1) is 23.8 Å². The maximum Gasteiger partial charge on any atom is 0.418 e. The molecule has 0 spiro atoms. The van der Waals surface area contributed by atoms with E-state index in [1.165, 1.54) is 19.1 Å². The third-order valence-electron chi connectivity index (χ3n) is 5.86. The lowest BCUT2D eigenvalue weighted by Crippen LogP contribution is -2.51. The summed E-state index contributed by atoms with van der Waals surface area (Å²) in [6, 6.07) is 8.88. The summed E-state index contributed by atoms with van der Waals surface area (Å²) < 4.78 is 91.0. The Morgan fingerprint density at radius 1 is 0.974 bits per heavy atom. The minimum atomic E-state index is -5.06. The summed E-state index contributed by atoms with van der Waals surface area (Å²) in [5.74, 6) is -2.10. The zero-order valence-electron chi connectivity index (χ0n) is 21.4. The Balaban J connectivity index is 0.00000400. The largest absolute Gasteiger partial charge is 0.443 e. The van der Waals surface area contributed by atoms with Gasteiger partial charge in [0.15, 0.2) is 0 Å². The maximum absolute atomic E-state index is 13.3. The van der Waals surface area contributed by atoms with Crippen LogP contribution in [0, 0.1) is 0 Å². The molecule has 39 heavy (non-hydrogen) atoms. The fourth-order valence-electron chi connectivity index (χ4n) is 4.06. The second kappa shape index (κ2) is 11.2. The van der Waals surface area contributed by atoms with Crippen molar-refractivity contribution in [2.75, 3.05) is 6.61 Å². The summed E-state index contributed by atoms with van der Waals surface area (Å²) in [5, 5.41) is 0. The smallest absolute Gasteiger partial charge is 0.418 e. The van der Waals surface area contributed by atoms with Gasteiger partial charge in [0.2, 0.25) is 5.78 Å². The quantitative estimate of drug-likeness (QED) is 0.286. The Labute approximate surface area is 229 Å². The van der Waals surface area contributed by atoms with Crippen molar-refractivity contribution in [3.63, 3.8) is 0 Å². The molecule has 1 heterocycles. The van der Waals surface area contributed by atoms with E-state index >= 15 is 0 Å². The van der Waals surface area contributed by atoms with E-state index in [0.29, 0.717) is 17.0 Å². The number of halogens is 6. The van der Waals surface area contributed by atoms with Crippen LogP contribution in [0.1, 0.15) is 63.9 Å². The van der Waals surface area contributed by atoms with Crippen molar-refractivity contribution in [3.05, 3.63) is 70.8 Å². The molecule has 13 heteroatoms. The summed E-state index contributed by atoms with van der Waals surface area (Å²) in [6.45, 7) is 5.25. The summed E-state index contributed by atoms with van der Waals surface area (Å²) in [5.41, 5.74) is -5.98. The Morgan fingerprint density at radius 2 is 1.49 bits per heavy atom. The Kier molecular flexibility index (Phi) is 9.24. The zero-order chi connectivity index (χ0) is 28.7. The van der Waals surface area contributed by atoms with Gasteiger partial charge in [-0.15, -0.1) is 0 Å². The molecule has 1 aliphatic heterocycles. The fourth-order valence-corrected chi connectivity index (χ4v) is 4.06. The van der Waals surface area contributed by atoms with Crippen molar-refractivity contribution in [3.8, 4) is 0 Å². The average molecular weight is 584 g/mol. The lowest BCUT2D eigenvalue weighted by molar-refractivity contribution is -0.143. The number of hydrogen-bond donors (Lipinski definition) is 0. The molecule has 1 fully saturated rings. The molecule has 0 aliphatic carbocycles. The molecule has 0 radical (unpaired) electrons. The van der Waals surface area contributed by atoms with Crippen LogP contribution in [0.15, 0.2) is 48.5 Å². The van der Waals surface area contributed by atoms with E-state index in [9.17, 15) is 40.7 Å². The van der Waals surface area contributed by atoms with E-state index in [0.717, 1.165) is 0 Å². The summed E-state index contributed by atoms with van der Waals surface area (Å²) in [6.07, 6.45) is -13.1. The number of imide groups is 1. The van der Waals surface area contributed by atoms with Gasteiger partial charge in [0.25, 0.3) is 5.91 Å². The van der Waals surface area contributed by atoms with E-state index in [4.69, 9.17) is 9.47 Å². The third-order valence-corrected chi connectivity index (χ3v) is 5.86. The first-order valence-electron chi connectivity index (χ1n) is 11.4. The van der Waals surface area contributed by atoms with E-state index in [2.05, 4.69) is 0 Å². The lowest BCUT2D eigenvalue weighted by Gasteiger charge is -2.38. The molecule has 216 valence electrons. The number of carbonyl (C=O) groups excluding carboxylic acids is 3. The number of rotatable bonds is 5. The Morgan fingerprint density at radius 3 is 1.95 bits per heavy atom. The van der Waals surface area contributed by atoms with Crippen molar-refractivity contribution in [2.45, 2.75) is 63.7 Å².